The molecule has 0 saturated carbocycles. The zero-order valence-electron chi connectivity index (χ0n) is 17.7. The maximum absolute atomic E-state index is 12.9. The maximum Gasteiger partial charge on any atom is 1.00 e. The molecule has 7 heteroatoms. The number of ether oxygens (including phenoxy) is 4. The molecule has 3 unspecified atom stereocenters. The van der Waals surface area contributed by atoms with Gasteiger partial charge in [0.15, 0.2) is 18.1 Å². The van der Waals surface area contributed by atoms with Gasteiger partial charge < -0.3 is 18.9 Å². The third-order valence-corrected chi connectivity index (χ3v) is 5.33. The van der Waals surface area contributed by atoms with Gasteiger partial charge in [-0.2, -0.15) is 0 Å². The van der Waals surface area contributed by atoms with Gasteiger partial charge in [0.2, 0.25) is 0 Å². The number of aryl methyl sites for hydroxylation is 2. The van der Waals surface area contributed by atoms with Gasteiger partial charge in [0.1, 0.15) is 11.5 Å². The first-order chi connectivity index (χ1) is 12.8. The molecule has 0 aliphatic heterocycles. The molecule has 28 heavy (non-hydrogen) atoms. The summed E-state index contributed by atoms with van der Waals surface area (Å²) in [6, 6.07) is 11.3. The summed E-state index contributed by atoms with van der Waals surface area (Å²) in [5, 5.41) is 0.809. The zero-order chi connectivity index (χ0) is 20.0. The Morgan fingerprint density at radius 1 is 0.929 bits per heavy atom. The average Bonchev–Trinajstić information content (AvgIpc) is 2.63. The molecule has 2 aromatic rings. The Bertz CT molecular complexity index is 776. The second-order valence-electron chi connectivity index (χ2n) is 6.22. The summed E-state index contributed by atoms with van der Waals surface area (Å²) in [6.45, 7) is 7.51. The number of hydrogen-bond donors (Lipinski definition) is 0. The van der Waals surface area contributed by atoms with Gasteiger partial charge in [-0.15, -0.1) is 0 Å². The number of rotatable bonds is 9. The van der Waals surface area contributed by atoms with E-state index in [1.165, 1.54) is 0 Å². The van der Waals surface area contributed by atoms with Gasteiger partial charge >= 0.3 is 18.9 Å². The molecule has 0 fully saturated rings. The summed E-state index contributed by atoms with van der Waals surface area (Å²) in [7, 11) is 3.08. The molecule has 0 spiro atoms. The Hall–Kier alpha value is -1.34. The van der Waals surface area contributed by atoms with E-state index in [1.54, 1.807) is 34.1 Å². The number of carbonyl (C=O) groups is 1. The van der Waals surface area contributed by atoms with E-state index in [0.29, 0.717) is 11.5 Å². The van der Waals surface area contributed by atoms with Crippen molar-refractivity contribution < 1.29 is 42.6 Å². The van der Waals surface area contributed by atoms with Gasteiger partial charge in [0.25, 0.3) is 0 Å². The molecule has 0 saturated heterocycles. The molecule has 5 nitrogen and oxygen atoms in total. The fraction of sp³-hybridized carbons (Fsp3) is 0.381. The van der Waals surface area contributed by atoms with Crippen LogP contribution < -0.4 is 33.6 Å². The van der Waals surface area contributed by atoms with Crippen molar-refractivity contribution in [2.45, 2.75) is 40.3 Å². The van der Waals surface area contributed by atoms with Crippen molar-refractivity contribution in [3.63, 3.8) is 0 Å². The molecular weight excluding hydrogens is 370 g/mol. The molecule has 0 aliphatic carbocycles. The van der Waals surface area contributed by atoms with E-state index in [2.05, 4.69) is 0 Å². The molecule has 0 N–H and O–H groups in total. The smallest absolute Gasteiger partial charge is 0.465 e. The van der Waals surface area contributed by atoms with E-state index in [1.807, 2.05) is 44.2 Å². The zero-order valence-corrected chi connectivity index (χ0v) is 18.7. The van der Waals surface area contributed by atoms with Crippen LogP contribution in [0.5, 0.6) is 11.5 Å². The quantitative estimate of drug-likeness (QED) is 0.362. The molecule has 2 aromatic carbocycles. The van der Waals surface area contributed by atoms with Crippen molar-refractivity contribution in [3.05, 3.63) is 53.1 Å². The fourth-order valence-corrected chi connectivity index (χ4v) is 3.79. The number of benzene rings is 2. The topological polar surface area (TPSA) is 54.0 Å². The summed E-state index contributed by atoms with van der Waals surface area (Å²) in [5.41, 5.74) is 2.82. The Morgan fingerprint density at radius 3 is 2.07 bits per heavy atom. The molecule has 0 radical (unpaired) electrons. The number of carbonyl (C=O) groups excluding carboxylic acids is 1. The van der Waals surface area contributed by atoms with Gasteiger partial charge in [-0.1, -0.05) is 18.2 Å². The van der Waals surface area contributed by atoms with E-state index < -0.39 is 6.29 Å². The second kappa shape index (κ2) is 11.6. The molecule has 0 amide bonds. The first-order valence-corrected chi connectivity index (χ1v) is 9.76. The van der Waals surface area contributed by atoms with Crippen LogP contribution in [0.4, 0.5) is 0 Å². The Balaban J connectivity index is 0.00000392. The maximum atomic E-state index is 12.9. The van der Waals surface area contributed by atoms with Crippen molar-refractivity contribution in [3.8, 4) is 11.5 Å². The second-order valence-corrected chi connectivity index (χ2v) is 7.46. The van der Waals surface area contributed by atoms with Crippen LogP contribution in [0.2, 0.25) is 0 Å². The van der Waals surface area contributed by atoms with Crippen LogP contribution in [0.1, 0.15) is 35.3 Å². The standard InChI is InChI=1S/C21H27O5P.Li/c1-13-8-7-9-14(2)20(13)21(22)27-19-11-10-17(25-15(3)23-5)12-18(19)26-16(4)24-6;/h7-12,15-16,27H,1-6H3;/q;+1. The van der Waals surface area contributed by atoms with E-state index in [0.717, 1.165) is 22.0 Å². The molecule has 146 valence electrons. The third-order valence-electron chi connectivity index (χ3n) is 4.17. The largest absolute Gasteiger partial charge is 1.00 e. The average molecular weight is 397 g/mol. The summed E-state index contributed by atoms with van der Waals surface area (Å²) in [5.74, 6) is 1.18. The summed E-state index contributed by atoms with van der Waals surface area (Å²) >= 11 is 0. The van der Waals surface area contributed by atoms with Crippen LogP contribution in [0.25, 0.3) is 0 Å². The SMILES string of the molecule is COC(C)Oc1ccc(PC(=O)c2c(C)cccc2C)c(OC(C)OC)c1.[Li+]. The summed E-state index contributed by atoms with van der Waals surface area (Å²) in [4.78, 5) is 12.9. The Kier molecular flexibility index (Phi) is 10.2. The van der Waals surface area contributed by atoms with Gasteiger partial charge in [-0.25, -0.2) is 0 Å². The van der Waals surface area contributed by atoms with Crippen molar-refractivity contribution in [2.24, 2.45) is 0 Å². The fourth-order valence-electron chi connectivity index (χ4n) is 2.60. The monoisotopic (exact) mass is 397 g/mol. The van der Waals surface area contributed by atoms with E-state index in [-0.39, 0.29) is 39.3 Å². The van der Waals surface area contributed by atoms with Crippen LogP contribution >= 0.6 is 8.58 Å². The van der Waals surface area contributed by atoms with E-state index >= 15 is 0 Å². The van der Waals surface area contributed by atoms with Crippen molar-refractivity contribution in [1.29, 1.82) is 0 Å². The number of methoxy groups -OCH3 is 2. The van der Waals surface area contributed by atoms with Gasteiger partial charge in [0, 0.05) is 31.2 Å². The third kappa shape index (κ3) is 6.62. The molecule has 0 aliphatic rings. The Morgan fingerprint density at radius 2 is 1.50 bits per heavy atom. The minimum Gasteiger partial charge on any atom is -0.465 e. The first-order valence-electron chi connectivity index (χ1n) is 8.76. The van der Waals surface area contributed by atoms with Crippen LogP contribution in [0.15, 0.2) is 36.4 Å². The van der Waals surface area contributed by atoms with Crippen molar-refractivity contribution >= 4 is 19.4 Å². The van der Waals surface area contributed by atoms with E-state index in [9.17, 15) is 4.79 Å². The first kappa shape index (κ1) is 24.7. The minimum atomic E-state index is -0.445. The van der Waals surface area contributed by atoms with Crippen LogP contribution in [0.3, 0.4) is 0 Å². The summed E-state index contributed by atoms with van der Waals surface area (Å²) in [6.07, 6.45) is -0.832. The molecular formula is C21H27LiO5P+. The van der Waals surface area contributed by atoms with Gasteiger partial charge in [0.05, 0.1) is 0 Å². The van der Waals surface area contributed by atoms with Gasteiger partial charge in [-0.05, 0) is 59.5 Å². The molecule has 0 aromatic heterocycles. The normalized spacial score (nSPS) is 13.1. The minimum absolute atomic E-state index is 0. The van der Waals surface area contributed by atoms with E-state index in [4.69, 9.17) is 18.9 Å². The molecule has 3 atom stereocenters. The molecule has 0 heterocycles. The van der Waals surface area contributed by atoms with Gasteiger partial charge in [-0.3, -0.25) is 4.79 Å². The van der Waals surface area contributed by atoms with Crippen LogP contribution in [-0.4, -0.2) is 32.3 Å². The van der Waals surface area contributed by atoms with Crippen LogP contribution in [-0.2, 0) is 9.47 Å². The predicted octanol–water partition coefficient (Wildman–Crippen LogP) is 1.19. The predicted molar refractivity (Wildman–Crippen MR) is 109 cm³/mol. The molecule has 2 rings (SSSR count). The Labute approximate surface area is 181 Å². The summed E-state index contributed by atoms with van der Waals surface area (Å²) < 4.78 is 21.9. The van der Waals surface area contributed by atoms with Crippen LogP contribution in [0, 0.1) is 13.8 Å². The van der Waals surface area contributed by atoms with Crippen molar-refractivity contribution in [2.75, 3.05) is 14.2 Å². The number of hydrogen-bond acceptors (Lipinski definition) is 5. The molecule has 0 bridgehead atoms. The van der Waals surface area contributed by atoms with Crippen molar-refractivity contribution in [1.82, 2.24) is 0 Å².